The molecular formula is C23H25NO5. The molecular weight excluding hydrogens is 370 g/mol. The molecule has 2 aromatic rings. The Balaban J connectivity index is 1.40. The van der Waals surface area contributed by atoms with E-state index in [0.29, 0.717) is 11.1 Å². The van der Waals surface area contributed by atoms with Crippen molar-refractivity contribution in [1.29, 1.82) is 0 Å². The number of para-hydroxylation sites is 1. The SMILES string of the molecule is Cc1cc(C(=O)COC(=O)C2=Cc3ccccc3OC2)c(C)n1C[C@H]1CCCO1. The first-order chi connectivity index (χ1) is 14.0. The summed E-state index contributed by atoms with van der Waals surface area (Å²) in [5.74, 6) is 0.00240. The summed E-state index contributed by atoms with van der Waals surface area (Å²) in [6, 6.07) is 9.34. The number of carbonyl (C=O) groups excluding carboxylic acids is 2. The van der Waals surface area contributed by atoms with E-state index in [4.69, 9.17) is 14.2 Å². The second-order valence-electron chi connectivity index (χ2n) is 7.53. The van der Waals surface area contributed by atoms with Crippen molar-refractivity contribution in [3.63, 3.8) is 0 Å². The van der Waals surface area contributed by atoms with Gasteiger partial charge in [-0.15, -0.1) is 0 Å². The molecule has 3 heterocycles. The maximum Gasteiger partial charge on any atom is 0.337 e. The van der Waals surface area contributed by atoms with Crippen LogP contribution in [-0.4, -0.2) is 42.2 Å². The first-order valence-corrected chi connectivity index (χ1v) is 9.94. The van der Waals surface area contributed by atoms with E-state index < -0.39 is 5.97 Å². The number of rotatable bonds is 6. The third kappa shape index (κ3) is 4.12. The van der Waals surface area contributed by atoms with E-state index in [9.17, 15) is 9.59 Å². The van der Waals surface area contributed by atoms with E-state index in [1.807, 2.05) is 44.2 Å². The number of hydrogen-bond acceptors (Lipinski definition) is 5. The summed E-state index contributed by atoms with van der Waals surface area (Å²) in [7, 11) is 0. The zero-order valence-corrected chi connectivity index (χ0v) is 16.8. The highest BCUT2D eigenvalue weighted by molar-refractivity contribution is 6.01. The number of fused-ring (bicyclic) bond motifs is 1. The fraction of sp³-hybridized carbons (Fsp3) is 0.391. The first-order valence-electron chi connectivity index (χ1n) is 9.94. The molecule has 0 bridgehead atoms. The van der Waals surface area contributed by atoms with E-state index in [1.165, 1.54) is 0 Å². The van der Waals surface area contributed by atoms with Crippen LogP contribution >= 0.6 is 0 Å². The molecule has 2 aliphatic heterocycles. The van der Waals surface area contributed by atoms with Crippen molar-refractivity contribution in [3.8, 4) is 5.75 Å². The lowest BCUT2D eigenvalue weighted by Crippen LogP contribution is -2.21. The molecule has 0 N–H and O–H groups in total. The van der Waals surface area contributed by atoms with Gasteiger partial charge >= 0.3 is 5.97 Å². The Bertz CT molecular complexity index is 966. The molecule has 0 spiro atoms. The molecule has 1 atom stereocenters. The van der Waals surface area contributed by atoms with Gasteiger partial charge in [-0.25, -0.2) is 4.79 Å². The van der Waals surface area contributed by atoms with Crippen LogP contribution in [0.25, 0.3) is 6.08 Å². The van der Waals surface area contributed by atoms with Crippen molar-refractivity contribution >= 4 is 17.8 Å². The fourth-order valence-corrected chi connectivity index (χ4v) is 3.89. The van der Waals surface area contributed by atoms with Crippen LogP contribution in [0.5, 0.6) is 5.75 Å². The number of ketones is 1. The maximum absolute atomic E-state index is 12.7. The van der Waals surface area contributed by atoms with Crippen molar-refractivity contribution in [2.75, 3.05) is 19.8 Å². The topological polar surface area (TPSA) is 66.8 Å². The molecule has 29 heavy (non-hydrogen) atoms. The number of aryl methyl sites for hydroxylation is 1. The molecule has 6 heteroatoms. The number of benzene rings is 1. The summed E-state index contributed by atoms with van der Waals surface area (Å²) in [4.78, 5) is 25.1. The molecule has 2 aliphatic rings. The summed E-state index contributed by atoms with van der Waals surface area (Å²) in [5.41, 5.74) is 3.71. The Hall–Kier alpha value is -2.86. The molecule has 0 unspecified atom stereocenters. The lowest BCUT2D eigenvalue weighted by molar-refractivity contribution is -0.138. The van der Waals surface area contributed by atoms with Gasteiger partial charge in [0.25, 0.3) is 0 Å². The summed E-state index contributed by atoms with van der Waals surface area (Å²) in [6.45, 7) is 5.30. The first kappa shape index (κ1) is 19.5. The van der Waals surface area contributed by atoms with Gasteiger partial charge < -0.3 is 18.8 Å². The highest BCUT2D eigenvalue weighted by Crippen LogP contribution is 2.26. The van der Waals surface area contributed by atoms with Crippen molar-refractivity contribution < 1.29 is 23.8 Å². The normalized spacial score (nSPS) is 18.0. The Morgan fingerprint density at radius 3 is 2.86 bits per heavy atom. The van der Waals surface area contributed by atoms with Gasteiger partial charge in [-0.2, -0.15) is 0 Å². The average Bonchev–Trinajstić information content (AvgIpc) is 3.35. The summed E-state index contributed by atoms with van der Waals surface area (Å²) < 4.78 is 18.7. The van der Waals surface area contributed by atoms with Crippen LogP contribution in [0.2, 0.25) is 0 Å². The van der Waals surface area contributed by atoms with Crippen LogP contribution in [0.1, 0.15) is 40.2 Å². The van der Waals surface area contributed by atoms with Crippen LogP contribution in [0.4, 0.5) is 0 Å². The van der Waals surface area contributed by atoms with E-state index in [1.54, 1.807) is 6.08 Å². The van der Waals surface area contributed by atoms with Gasteiger partial charge in [0.05, 0.1) is 11.7 Å². The summed E-state index contributed by atoms with van der Waals surface area (Å²) in [6.07, 6.45) is 4.06. The van der Waals surface area contributed by atoms with Crippen LogP contribution in [0.3, 0.4) is 0 Å². The molecule has 1 saturated heterocycles. The molecule has 0 saturated carbocycles. The maximum atomic E-state index is 12.7. The largest absolute Gasteiger partial charge is 0.488 e. The zero-order chi connectivity index (χ0) is 20.4. The van der Waals surface area contributed by atoms with Gasteiger partial charge in [0, 0.05) is 35.7 Å². The van der Waals surface area contributed by atoms with Crippen molar-refractivity contribution in [2.24, 2.45) is 0 Å². The van der Waals surface area contributed by atoms with E-state index in [-0.39, 0.29) is 25.1 Å². The van der Waals surface area contributed by atoms with Crippen LogP contribution < -0.4 is 4.74 Å². The van der Waals surface area contributed by atoms with Gasteiger partial charge in [-0.1, -0.05) is 18.2 Å². The molecule has 6 nitrogen and oxygen atoms in total. The smallest absolute Gasteiger partial charge is 0.337 e. The molecule has 0 radical (unpaired) electrons. The average molecular weight is 395 g/mol. The van der Waals surface area contributed by atoms with Gasteiger partial charge in [0.1, 0.15) is 12.4 Å². The van der Waals surface area contributed by atoms with Crippen molar-refractivity contribution in [1.82, 2.24) is 4.57 Å². The lowest BCUT2D eigenvalue weighted by Gasteiger charge is -2.17. The third-order valence-corrected chi connectivity index (χ3v) is 5.51. The van der Waals surface area contributed by atoms with E-state index >= 15 is 0 Å². The summed E-state index contributed by atoms with van der Waals surface area (Å²) >= 11 is 0. The van der Waals surface area contributed by atoms with Gasteiger partial charge in [0.2, 0.25) is 5.78 Å². The molecule has 1 aromatic heterocycles. The Labute approximate surface area is 170 Å². The number of aromatic nitrogens is 1. The number of esters is 1. The van der Waals surface area contributed by atoms with E-state index in [0.717, 1.165) is 48.7 Å². The minimum atomic E-state index is -0.527. The lowest BCUT2D eigenvalue weighted by atomic mass is 10.1. The molecule has 1 aromatic carbocycles. The van der Waals surface area contributed by atoms with Crippen molar-refractivity contribution in [2.45, 2.75) is 39.3 Å². The second kappa shape index (κ2) is 8.25. The standard InChI is InChI=1S/C23H25NO5/c1-15-10-20(16(2)24(15)12-19-7-5-9-27-19)21(25)14-29-23(26)18-11-17-6-3-4-8-22(17)28-13-18/h3-4,6,8,10-11,19H,5,7,9,12-14H2,1-2H3/t19-/m1/s1. The van der Waals surface area contributed by atoms with Crippen LogP contribution in [-0.2, 0) is 20.8 Å². The zero-order valence-electron chi connectivity index (χ0n) is 16.8. The van der Waals surface area contributed by atoms with Crippen LogP contribution in [0.15, 0.2) is 35.9 Å². The molecule has 4 rings (SSSR count). The van der Waals surface area contributed by atoms with Crippen LogP contribution in [0, 0.1) is 13.8 Å². The van der Waals surface area contributed by atoms with Crippen molar-refractivity contribution in [3.05, 3.63) is 58.4 Å². The number of Topliss-reactive ketones (excluding diaryl/α,β-unsaturated/α-hetero) is 1. The number of carbonyl (C=O) groups is 2. The van der Waals surface area contributed by atoms with Gasteiger partial charge in [0.15, 0.2) is 6.61 Å². The predicted molar refractivity (Wildman–Crippen MR) is 108 cm³/mol. The number of nitrogens with zero attached hydrogens (tertiary/aromatic N) is 1. The second-order valence-corrected chi connectivity index (χ2v) is 7.53. The van der Waals surface area contributed by atoms with Gasteiger partial charge in [-0.05, 0) is 44.9 Å². The highest BCUT2D eigenvalue weighted by atomic mass is 16.5. The minimum absolute atomic E-state index is 0.139. The predicted octanol–water partition coefficient (Wildman–Crippen LogP) is 3.49. The number of ether oxygens (including phenoxy) is 3. The Morgan fingerprint density at radius 2 is 2.07 bits per heavy atom. The third-order valence-electron chi connectivity index (χ3n) is 5.51. The number of hydrogen-bond donors (Lipinski definition) is 0. The molecule has 1 fully saturated rings. The monoisotopic (exact) mass is 395 g/mol. The van der Waals surface area contributed by atoms with Gasteiger partial charge in [-0.3, -0.25) is 4.79 Å². The highest BCUT2D eigenvalue weighted by Gasteiger charge is 2.23. The quantitative estimate of drug-likeness (QED) is 0.553. The van der Waals surface area contributed by atoms with E-state index in [2.05, 4.69) is 4.57 Å². The Kier molecular flexibility index (Phi) is 5.53. The fourth-order valence-electron chi connectivity index (χ4n) is 3.89. The molecule has 0 aliphatic carbocycles. The summed E-state index contributed by atoms with van der Waals surface area (Å²) in [5, 5.41) is 0. The molecule has 0 amide bonds. The Morgan fingerprint density at radius 1 is 1.24 bits per heavy atom. The molecule has 152 valence electrons. The minimum Gasteiger partial charge on any atom is -0.488 e.